The van der Waals surface area contributed by atoms with Crippen molar-refractivity contribution in [3.8, 4) is 16.9 Å². The highest BCUT2D eigenvalue weighted by atomic mass is 35.5. The molecule has 4 aromatic rings. The first kappa shape index (κ1) is 27.9. The molecule has 0 saturated heterocycles. The first-order valence-corrected chi connectivity index (χ1v) is 12.6. The van der Waals surface area contributed by atoms with Crippen molar-refractivity contribution in [2.24, 2.45) is 0 Å². The minimum absolute atomic E-state index is 0.00386. The Labute approximate surface area is 222 Å². The zero-order valence-electron chi connectivity index (χ0n) is 19.3. The number of alkyl halides is 3. The number of carbonyl (C=O) groups is 1. The zero-order chi connectivity index (χ0) is 28.5. The van der Waals surface area contributed by atoms with Crippen molar-refractivity contribution in [3.63, 3.8) is 0 Å². The van der Waals surface area contributed by atoms with Gasteiger partial charge >= 0.3 is 27.2 Å². The molecule has 0 aliphatic heterocycles. The van der Waals surface area contributed by atoms with Crippen LogP contribution in [0.15, 0.2) is 76.0 Å². The van der Waals surface area contributed by atoms with Gasteiger partial charge in [-0.25, -0.2) is 14.0 Å². The van der Waals surface area contributed by atoms with Gasteiger partial charge < -0.3 is 13.7 Å². The first-order chi connectivity index (χ1) is 18.2. The molecule has 0 fully saturated rings. The SMILES string of the molecule is O=C(O)/C=C/c1ccc(Cc2c(-c3ccc(F)c(Cl)c3)c(=O)oc3cc(OS(=O)(=O)C(F)(F)F)ccc23)cc1. The van der Waals surface area contributed by atoms with Crippen molar-refractivity contribution in [2.45, 2.75) is 11.9 Å². The second-order valence-corrected chi connectivity index (χ2v) is 10.0. The van der Waals surface area contributed by atoms with E-state index in [1.165, 1.54) is 24.3 Å². The van der Waals surface area contributed by atoms with Gasteiger partial charge in [0.2, 0.25) is 0 Å². The summed E-state index contributed by atoms with van der Waals surface area (Å²) in [5, 5.41) is 8.75. The van der Waals surface area contributed by atoms with Crippen LogP contribution in [0.4, 0.5) is 17.6 Å². The Morgan fingerprint density at radius 3 is 2.36 bits per heavy atom. The molecular weight excluding hydrogens is 568 g/mol. The summed E-state index contributed by atoms with van der Waals surface area (Å²) in [5.74, 6) is -2.60. The summed E-state index contributed by atoms with van der Waals surface area (Å²) in [7, 11) is -5.97. The number of halogens is 5. The Morgan fingerprint density at radius 1 is 1.05 bits per heavy atom. The third kappa shape index (κ3) is 6.13. The fraction of sp³-hybridized carbons (Fsp3) is 0.0769. The summed E-state index contributed by atoms with van der Waals surface area (Å²) in [5.41, 5.74) is -5.14. The predicted octanol–water partition coefficient (Wildman–Crippen LogP) is 6.17. The van der Waals surface area contributed by atoms with E-state index < -0.39 is 38.8 Å². The molecule has 0 saturated carbocycles. The number of hydrogen-bond acceptors (Lipinski definition) is 6. The van der Waals surface area contributed by atoms with Gasteiger partial charge in [-0.05, 0) is 59.0 Å². The monoisotopic (exact) mass is 582 g/mol. The lowest BCUT2D eigenvalue weighted by Gasteiger charge is -2.14. The number of rotatable bonds is 7. The Hall–Kier alpha value is -4.16. The maximum atomic E-state index is 13.8. The van der Waals surface area contributed by atoms with Crippen LogP contribution in [0.25, 0.3) is 28.2 Å². The average Bonchev–Trinajstić information content (AvgIpc) is 2.84. The molecule has 0 radical (unpaired) electrons. The molecule has 1 heterocycles. The van der Waals surface area contributed by atoms with Crippen molar-refractivity contribution in [1.29, 1.82) is 0 Å². The molecule has 7 nitrogen and oxygen atoms in total. The summed E-state index contributed by atoms with van der Waals surface area (Å²) in [6, 6.07) is 13.2. The van der Waals surface area contributed by atoms with Gasteiger partial charge in [0, 0.05) is 17.5 Å². The van der Waals surface area contributed by atoms with Crippen LogP contribution in [0.2, 0.25) is 5.02 Å². The van der Waals surface area contributed by atoms with E-state index >= 15 is 0 Å². The van der Waals surface area contributed by atoms with Crippen LogP contribution in [0.3, 0.4) is 0 Å². The fourth-order valence-electron chi connectivity index (χ4n) is 3.72. The van der Waals surface area contributed by atoms with Gasteiger partial charge in [-0.2, -0.15) is 21.6 Å². The lowest BCUT2D eigenvalue weighted by Crippen LogP contribution is -2.28. The first-order valence-electron chi connectivity index (χ1n) is 10.8. The van der Waals surface area contributed by atoms with E-state index in [1.807, 2.05) is 0 Å². The molecule has 0 aliphatic carbocycles. The van der Waals surface area contributed by atoms with Gasteiger partial charge in [-0.1, -0.05) is 41.9 Å². The number of carboxylic acid groups (broad SMARTS) is 1. The number of aliphatic carboxylic acids is 1. The molecule has 0 amide bonds. The lowest BCUT2D eigenvalue weighted by atomic mass is 9.93. The molecule has 0 atom stereocenters. The van der Waals surface area contributed by atoms with Crippen LogP contribution in [0, 0.1) is 5.82 Å². The molecule has 4 rings (SSSR count). The van der Waals surface area contributed by atoms with Crippen LogP contribution < -0.4 is 9.81 Å². The molecule has 202 valence electrons. The molecule has 3 aromatic carbocycles. The van der Waals surface area contributed by atoms with E-state index in [1.54, 1.807) is 24.3 Å². The Morgan fingerprint density at radius 2 is 1.74 bits per heavy atom. The number of carboxylic acids is 1. The minimum Gasteiger partial charge on any atom is -0.478 e. The van der Waals surface area contributed by atoms with E-state index in [-0.39, 0.29) is 33.5 Å². The maximum absolute atomic E-state index is 13.8. The molecule has 1 N–H and O–H groups in total. The average molecular weight is 583 g/mol. The normalized spacial score (nSPS) is 12.2. The zero-order valence-corrected chi connectivity index (χ0v) is 20.9. The quantitative estimate of drug-likeness (QED) is 0.0912. The Kier molecular flexibility index (Phi) is 7.53. The van der Waals surface area contributed by atoms with Crippen LogP contribution >= 0.6 is 11.6 Å². The summed E-state index contributed by atoms with van der Waals surface area (Å²) in [6.45, 7) is 0. The fourth-order valence-corrected chi connectivity index (χ4v) is 4.35. The molecule has 1 aromatic heterocycles. The summed E-state index contributed by atoms with van der Waals surface area (Å²) >= 11 is 5.91. The molecule has 0 bridgehead atoms. The van der Waals surface area contributed by atoms with Gasteiger partial charge in [0.25, 0.3) is 0 Å². The van der Waals surface area contributed by atoms with Crippen molar-refractivity contribution in [2.75, 3.05) is 0 Å². The van der Waals surface area contributed by atoms with Gasteiger partial charge in [0.05, 0.1) is 10.6 Å². The minimum atomic E-state index is -5.97. The van der Waals surface area contributed by atoms with E-state index in [4.69, 9.17) is 21.1 Å². The summed E-state index contributed by atoms with van der Waals surface area (Å²) in [4.78, 5) is 23.8. The second kappa shape index (κ2) is 10.5. The summed E-state index contributed by atoms with van der Waals surface area (Å²) in [6.07, 6.45) is 2.40. The highest BCUT2D eigenvalue weighted by Crippen LogP contribution is 2.34. The summed E-state index contributed by atoms with van der Waals surface area (Å²) < 4.78 is 84.4. The smallest absolute Gasteiger partial charge is 0.478 e. The van der Waals surface area contributed by atoms with Gasteiger partial charge in [0.15, 0.2) is 0 Å². The molecule has 13 heteroatoms. The molecule has 0 spiro atoms. The number of fused-ring (bicyclic) bond motifs is 1. The largest absolute Gasteiger partial charge is 0.534 e. The van der Waals surface area contributed by atoms with E-state index in [9.17, 15) is 35.6 Å². The van der Waals surface area contributed by atoms with Gasteiger partial charge in [0.1, 0.15) is 17.1 Å². The predicted molar refractivity (Wildman–Crippen MR) is 134 cm³/mol. The number of hydrogen-bond donors (Lipinski definition) is 1. The number of benzene rings is 3. The third-order valence-corrected chi connectivity index (χ3v) is 6.73. The van der Waals surface area contributed by atoms with E-state index in [0.29, 0.717) is 16.7 Å². The van der Waals surface area contributed by atoms with E-state index in [0.717, 1.165) is 24.3 Å². The van der Waals surface area contributed by atoms with Crippen LogP contribution in [-0.2, 0) is 21.3 Å². The van der Waals surface area contributed by atoms with Crippen molar-refractivity contribution < 1.29 is 44.5 Å². The standard InChI is InChI=1S/C26H15ClF4O7S/c27-20-12-16(6-9-21(20)28)24-19(11-15-3-1-14(2-4-15)5-10-23(32)33)18-8-7-17(13-22(18)37-25(24)34)38-39(35,36)26(29,30)31/h1-10,12-13H,11H2,(H,32,33)/b10-5+. The topological polar surface area (TPSA) is 111 Å². The highest BCUT2D eigenvalue weighted by molar-refractivity contribution is 7.88. The third-order valence-electron chi connectivity index (χ3n) is 5.46. The van der Waals surface area contributed by atoms with E-state index in [2.05, 4.69) is 4.18 Å². The van der Waals surface area contributed by atoms with Crippen LogP contribution in [0.1, 0.15) is 16.7 Å². The maximum Gasteiger partial charge on any atom is 0.534 e. The van der Waals surface area contributed by atoms with Crippen LogP contribution in [-0.4, -0.2) is 25.0 Å². The Bertz CT molecular complexity index is 1780. The highest BCUT2D eigenvalue weighted by Gasteiger charge is 2.48. The Balaban J connectivity index is 1.87. The molecule has 0 aliphatic rings. The molecule has 0 unspecified atom stereocenters. The molecule has 39 heavy (non-hydrogen) atoms. The van der Waals surface area contributed by atoms with Crippen molar-refractivity contribution >= 4 is 44.7 Å². The van der Waals surface area contributed by atoms with Gasteiger partial charge in [-0.15, -0.1) is 0 Å². The molecular formula is C26H15ClF4O7S. The van der Waals surface area contributed by atoms with Gasteiger partial charge in [-0.3, -0.25) is 0 Å². The van der Waals surface area contributed by atoms with Crippen molar-refractivity contribution in [1.82, 2.24) is 0 Å². The van der Waals surface area contributed by atoms with Crippen molar-refractivity contribution in [3.05, 3.63) is 105 Å². The lowest BCUT2D eigenvalue weighted by molar-refractivity contribution is -0.131. The second-order valence-electron chi connectivity index (χ2n) is 8.10. The van der Waals surface area contributed by atoms with Crippen LogP contribution in [0.5, 0.6) is 5.75 Å².